The van der Waals surface area contributed by atoms with E-state index >= 15 is 0 Å². The van der Waals surface area contributed by atoms with Gasteiger partial charge in [0.15, 0.2) is 0 Å². The second kappa shape index (κ2) is 3.44. The van der Waals surface area contributed by atoms with Gasteiger partial charge in [0.25, 0.3) is 0 Å². The topological polar surface area (TPSA) is 38.3 Å². The molecule has 0 aromatic heterocycles. The molecule has 1 aliphatic heterocycles. The second-order valence-corrected chi connectivity index (χ2v) is 4.19. The molecule has 0 aliphatic carbocycles. The zero-order chi connectivity index (χ0) is 9.19. The maximum Gasteiger partial charge on any atom is 0.220 e. The van der Waals surface area contributed by atoms with E-state index in [4.69, 9.17) is 4.74 Å². The summed E-state index contributed by atoms with van der Waals surface area (Å²) in [6.45, 7) is 6.76. The molecular weight excluding hydrogens is 154 g/mol. The smallest absolute Gasteiger partial charge is 0.220 e. The van der Waals surface area contributed by atoms with E-state index < -0.39 is 0 Å². The van der Waals surface area contributed by atoms with Crippen LogP contribution in [0.4, 0.5) is 0 Å². The molecule has 12 heavy (non-hydrogen) atoms. The van der Waals surface area contributed by atoms with E-state index in [-0.39, 0.29) is 17.6 Å². The number of carbonyl (C=O) groups excluding carboxylic acids is 1. The number of ether oxygens (including phenoxy) is 1. The van der Waals surface area contributed by atoms with Crippen molar-refractivity contribution in [3.05, 3.63) is 0 Å². The average molecular weight is 171 g/mol. The first kappa shape index (κ1) is 9.52. The summed E-state index contributed by atoms with van der Waals surface area (Å²) in [5, 5.41) is 2.79. The third-order valence-electron chi connectivity index (χ3n) is 1.74. The molecule has 3 nitrogen and oxygen atoms in total. The fraction of sp³-hybridized carbons (Fsp3) is 0.889. The first-order chi connectivity index (χ1) is 5.47. The first-order valence-electron chi connectivity index (χ1n) is 4.42. The van der Waals surface area contributed by atoms with Crippen molar-refractivity contribution < 1.29 is 9.53 Å². The second-order valence-electron chi connectivity index (χ2n) is 4.19. The van der Waals surface area contributed by atoms with E-state index in [9.17, 15) is 4.79 Å². The number of carbonyl (C=O) groups is 1. The maximum atomic E-state index is 10.8. The molecule has 1 atom stereocenters. The summed E-state index contributed by atoms with van der Waals surface area (Å²) in [5.74, 6) is 0.142. The van der Waals surface area contributed by atoms with E-state index in [1.165, 1.54) is 0 Å². The summed E-state index contributed by atoms with van der Waals surface area (Å²) < 4.78 is 5.71. The van der Waals surface area contributed by atoms with Crippen LogP contribution in [0.25, 0.3) is 0 Å². The SMILES string of the molecule is CC(C)(C)OC1CCC(=O)NC1. The largest absolute Gasteiger partial charge is 0.371 e. The van der Waals surface area contributed by atoms with Gasteiger partial charge in [0.1, 0.15) is 0 Å². The molecule has 3 heteroatoms. The van der Waals surface area contributed by atoms with Gasteiger partial charge >= 0.3 is 0 Å². The normalized spacial score (nSPS) is 25.2. The van der Waals surface area contributed by atoms with Crippen molar-refractivity contribution in [2.45, 2.75) is 45.3 Å². The van der Waals surface area contributed by atoms with Crippen LogP contribution < -0.4 is 5.32 Å². The van der Waals surface area contributed by atoms with Gasteiger partial charge in [0.2, 0.25) is 5.91 Å². The molecule has 1 rings (SSSR count). The first-order valence-corrected chi connectivity index (χ1v) is 4.42. The van der Waals surface area contributed by atoms with Gasteiger partial charge in [-0.15, -0.1) is 0 Å². The molecule has 1 fully saturated rings. The molecule has 0 saturated carbocycles. The Hall–Kier alpha value is -0.570. The van der Waals surface area contributed by atoms with E-state index in [1.807, 2.05) is 20.8 Å². The van der Waals surface area contributed by atoms with Crippen molar-refractivity contribution in [1.82, 2.24) is 5.32 Å². The van der Waals surface area contributed by atoms with E-state index in [0.717, 1.165) is 6.42 Å². The van der Waals surface area contributed by atoms with Gasteiger partial charge < -0.3 is 10.1 Å². The Kier molecular flexibility index (Phi) is 2.73. The molecule has 0 radical (unpaired) electrons. The summed E-state index contributed by atoms with van der Waals surface area (Å²) in [6.07, 6.45) is 1.65. The van der Waals surface area contributed by atoms with E-state index in [2.05, 4.69) is 5.32 Å². The van der Waals surface area contributed by atoms with Gasteiger partial charge in [-0.3, -0.25) is 4.79 Å². The number of hydrogen-bond acceptors (Lipinski definition) is 2. The third-order valence-corrected chi connectivity index (χ3v) is 1.74. The summed E-state index contributed by atoms with van der Waals surface area (Å²) in [5.41, 5.74) is -0.104. The molecule has 1 heterocycles. The number of hydrogen-bond donors (Lipinski definition) is 1. The highest BCUT2D eigenvalue weighted by Crippen LogP contribution is 2.15. The zero-order valence-electron chi connectivity index (χ0n) is 8.02. The monoisotopic (exact) mass is 171 g/mol. The molecule has 0 bridgehead atoms. The van der Waals surface area contributed by atoms with Crippen molar-refractivity contribution in [2.75, 3.05) is 6.54 Å². The summed E-state index contributed by atoms with van der Waals surface area (Å²) in [4.78, 5) is 10.8. The molecular formula is C9H17NO2. The Balaban J connectivity index is 2.31. The molecule has 1 unspecified atom stereocenters. The van der Waals surface area contributed by atoms with Gasteiger partial charge in [-0.1, -0.05) is 0 Å². The van der Waals surface area contributed by atoms with Gasteiger partial charge in [-0.2, -0.15) is 0 Å². The lowest BCUT2D eigenvalue weighted by atomic mass is 10.1. The highest BCUT2D eigenvalue weighted by molar-refractivity contribution is 5.76. The van der Waals surface area contributed by atoms with Crippen LogP contribution in [0.2, 0.25) is 0 Å². The lowest BCUT2D eigenvalue weighted by Gasteiger charge is -2.30. The number of piperidine rings is 1. The molecule has 1 N–H and O–H groups in total. The van der Waals surface area contributed by atoms with Crippen LogP contribution >= 0.6 is 0 Å². The number of nitrogens with one attached hydrogen (secondary N) is 1. The molecule has 0 aromatic carbocycles. The highest BCUT2D eigenvalue weighted by atomic mass is 16.5. The van der Waals surface area contributed by atoms with Crippen molar-refractivity contribution in [1.29, 1.82) is 0 Å². The Morgan fingerprint density at radius 2 is 2.17 bits per heavy atom. The summed E-state index contributed by atoms with van der Waals surface area (Å²) >= 11 is 0. The molecule has 0 spiro atoms. The van der Waals surface area contributed by atoms with Crippen molar-refractivity contribution in [2.24, 2.45) is 0 Å². The van der Waals surface area contributed by atoms with Crippen LogP contribution in [0.3, 0.4) is 0 Å². The lowest BCUT2D eigenvalue weighted by Crippen LogP contribution is -2.42. The van der Waals surface area contributed by atoms with E-state index in [0.29, 0.717) is 13.0 Å². The predicted molar refractivity (Wildman–Crippen MR) is 46.9 cm³/mol. The van der Waals surface area contributed by atoms with Gasteiger partial charge in [-0.25, -0.2) is 0 Å². The van der Waals surface area contributed by atoms with Crippen LogP contribution in [0.5, 0.6) is 0 Å². The van der Waals surface area contributed by atoms with Crippen molar-refractivity contribution in [3.63, 3.8) is 0 Å². The summed E-state index contributed by atoms with van der Waals surface area (Å²) in [6, 6.07) is 0. The van der Waals surface area contributed by atoms with E-state index in [1.54, 1.807) is 0 Å². The van der Waals surface area contributed by atoms with Gasteiger partial charge in [0.05, 0.1) is 11.7 Å². The van der Waals surface area contributed by atoms with Crippen molar-refractivity contribution >= 4 is 5.91 Å². The molecule has 1 aliphatic rings. The van der Waals surface area contributed by atoms with Gasteiger partial charge in [-0.05, 0) is 27.2 Å². The highest BCUT2D eigenvalue weighted by Gasteiger charge is 2.23. The Morgan fingerprint density at radius 1 is 1.50 bits per heavy atom. The summed E-state index contributed by atoms with van der Waals surface area (Å²) in [7, 11) is 0. The maximum absolute atomic E-state index is 10.8. The Morgan fingerprint density at radius 3 is 2.58 bits per heavy atom. The molecule has 0 aromatic rings. The average Bonchev–Trinajstić information content (AvgIpc) is 1.91. The standard InChI is InChI=1S/C9H17NO2/c1-9(2,3)12-7-4-5-8(11)10-6-7/h7H,4-6H2,1-3H3,(H,10,11). The zero-order valence-corrected chi connectivity index (χ0v) is 8.02. The van der Waals surface area contributed by atoms with Crippen LogP contribution in [-0.4, -0.2) is 24.2 Å². The molecule has 1 amide bonds. The minimum Gasteiger partial charge on any atom is -0.371 e. The predicted octanol–water partition coefficient (Wildman–Crippen LogP) is 1.08. The number of rotatable bonds is 1. The quantitative estimate of drug-likeness (QED) is 0.641. The van der Waals surface area contributed by atoms with Gasteiger partial charge in [0, 0.05) is 13.0 Å². The van der Waals surface area contributed by atoms with Crippen LogP contribution in [-0.2, 0) is 9.53 Å². The van der Waals surface area contributed by atoms with Crippen LogP contribution in [0.15, 0.2) is 0 Å². The minimum atomic E-state index is -0.104. The minimum absolute atomic E-state index is 0.104. The van der Waals surface area contributed by atoms with Crippen LogP contribution in [0, 0.1) is 0 Å². The third kappa shape index (κ3) is 3.22. The van der Waals surface area contributed by atoms with Crippen molar-refractivity contribution in [3.8, 4) is 0 Å². The Labute approximate surface area is 73.5 Å². The Bertz CT molecular complexity index is 162. The number of amides is 1. The fourth-order valence-corrected chi connectivity index (χ4v) is 1.31. The molecule has 1 saturated heterocycles. The fourth-order valence-electron chi connectivity index (χ4n) is 1.31. The lowest BCUT2D eigenvalue weighted by molar-refractivity contribution is -0.128. The van der Waals surface area contributed by atoms with Crippen LogP contribution in [0.1, 0.15) is 33.6 Å². The molecule has 70 valence electrons.